The van der Waals surface area contributed by atoms with Gasteiger partial charge in [-0.05, 0) is 25.8 Å². The maximum Gasteiger partial charge on any atom is 0.264 e. The van der Waals surface area contributed by atoms with Crippen molar-refractivity contribution in [3.63, 3.8) is 0 Å². The molecule has 0 aromatic carbocycles. The van der Waals surface area contributed by atoms with Gasteiger partial charge in [0.15, 0.2) is 0 Å². The first-order valence-electron chi connectivity index (χ1n) is 7.83. The molecule has 1 atom stereocenters. The summed E-state index contributed by atoms with van der Waals surface area (Å²) < 4.78 is 3.97. The standard InChI is InChI=1S/C16H19N5OS/c1-11-13-8-14(23-16(13)19(2)18-11)15(22)20-6-3-4-12(9-20)21-7-5-17-10-21/h5,7-8,10,12H,3-4,6,9H2,1-2H3. The molecule has 4 heterocycles. The summed E-state index contributed by atoms with van der Waals surface area (Å²) in [6.45, 7) is 3.56. The van der Waals surface area contributed by atoms with Gasteiger partial charge >= 0.3 is 0 Å². The Hall–Kier alpha value is -2.15. The SMILES string of the molecule is Cc1nn(C)c2sc(C(=O)N3CCCC(n4ccnc4)C3)cc12. The number of fused-ring (bicyclic) bond motifs is 1. The van der Waals surface area contributed by atoms with Crippen LogP contribution in [0.2, 0.25) is 0 Å². The van der Waals surface area contributed by atoms with Crippen LogP contribution in [0.4, 0.5) is 0 Å². The van der Waals surface area contributed by atoms with Crippen molar-refractivity contribution in [3.8, 4) is 0 Å². The van der Waals surface area contributed by atoms with Gasteiger partial charge in [-0.25, -0.2) is 4.98 Å². The Bertz CT molecular complexity index is 813. The molecule has 6 nitrogen and oxygen atoms in total. The molecule has 23 heavy (non-hydrogen) atoms. The third-order valence-corrected chi connectivity index (χ3v) is 5.73. The van der Waals surface area contributed by atoms with E-state index in [1.807, 2.05) is 42.1 Å². The zero-order valence-electron chi connectivity index (χ0n) is 13.3. The van der Waals surface area contributed by atoms with Gasteiger partial charge in [0.1, 0.15) is 4.83 Å². The molecule has 120 valence electrons. The second-order valence-corrected chi connectivity index (χ2v) is 7.13. The molecule has 3 aromatic rings. The average molecular weight is 329 g/mol. The van der Waals surface area contributed by atoms with Gasteiger partial charge in [0.25, 0.3) is 5.91 Å². The summed E-state index contributed by atoms with van der Waals surface area (Å²) in [5.74, 6) is 0.135. The minimum absolute atomic E-state index is 0.135. The first-order chi connectivity index (χ1) is 11.1. The lowest BCUT2D eigenvalue weighted by molar-refractivity contribution is 0.0684. The summed E-state index contributed by atoms with van der Waals surface area (Å²) in [7, 11) is 1.93. The lowest BCUT2D eigenvalue weighted by Gasteiger charge is -2.33. The number of likely N-dealkylation sites (tertiary alicyclic amines) is 1. The topological polar surface area (TPSA) is 56.0 Å². The molecule has 1 unspecified atom stereocenters. The predicted molar refractivity (Wildman–Crippen MR) is 89.7 cm³/mol. The van der Waals surface area contributed by atoms with Crippen LogP contribution in [-0.4, -0.2) is 43.2 Å². The molecule has 0 saturated carbocycles. The van der Waals surface area contributed by atoms with Gasteiger partial charge in [-0.2, -0.15) is 5.10 Å². The van der Waals surface area contributed by atoms with Crippen molar-refractivity contribution in [2.24, 2.45) is 7.05 Å². The minimum Gasteiger partial charge on any atom is -0.336 e. The maximum absolute atomic E-state index is 12.9. The lowest BCUT2D eigenvalue weighted by Crippen LogP contribution is -2.40. The molecular weight excluding hydrogens is 310 g/mol. The number of aryl methyl sites for hydroxylation is 2. The van der Waals surface area contributed by atoms with E-state index < -0.39 is 0 Å². The largest absolute Gasteiger partial charge is 0.336 e. The molecule has 7 heteroatoms. The Balaban J connectivity index is 1.58. The first-order valence-corrected chi connectivity index (χ1v) is 8.65. The number of rotatable bonds is 2. The number of thiophene rings is 1. The predicted octanol–water partition coefficient (Wildman–Crippen LogP) is 2.62. The number of amides is 1. The summed E-state index contributed by atoms with van der Waals surface area (Å²) in [4.78, 5) is 20.9. The van der Waals surface area contributed by atoms with E-state index in [2.05, 4.69) is 14.6 Å². The number of imidazole rings is 1. The Kier molecular flexibility index (Phi) is 3.45. The van der Waals surface area contributed by atoms with Crippen LogP contribution >= 0.6 is 11.3 Å². The van der Waals surface area contributed by atoms with Crippen molar-refractivity contribution in [3.05, 3.63) is 35.4 Å². The number of nitrogens with zero attached hydrogens (tertiary/aromatic N) is 5. The number of carbonyl (C=O) groups excluding carboxylic acids is 1. The Morgan fingerprint density at radius 1 is 1.43 bits per heavy atom. The summed E-state index contributed by atoms with van der Waals surface area (Å²) in [6.07, 6.45) is 7.73. The highest BCUT2D eigenvalue weighted by Crippen LogP contribution is 2.30. The highest BCUT2D eigenvalue weighted by Gasteiger charge is 2.27. The van der Waals surface area contributed by atoms with E-state index in [-0.39, 0.29) is 5.91 Å². The number of hydrogen-bond donors (Lipinski definition) is 0. The zero-order chi connectivity index (χ0) is 16.0. The second kappa shape index (κ2) is 5.49. The smallest absolute Gasteiger partial charge is 0.264 e. The van der Waals surface area contributed by atoms with Crippen LogP contribution < -0.4 is 0 Å². The zero-order valence-corrected chi connectivity index (χ0v) is 14.1. The highest BCUT2D eigenvalue weighted by atomic mass is 32.1. The van der Waals surface area contributed by atoms with Gasteiger partial charge in [-0.3, -0.25) is 9.48 Å². The van der Waals surface area contributed by atoms with E-state index in [1.165, 1.54) is 11.3 Å². The number of aromatic nitrogens is 4. The van der Waals surface area contributed by atoms with Crippen LogP contribution in [0.3, 0.4) is 0 Å². The van der Waals surface area contributed by atoms with E-state index in [4.69, 9.17) is 0 Å². The van der Waals surface area contributed by atoms with E-state index in [9.17, 15) is 4.79 Å². The number of piperidine rings is 1. The molecular formula is C16H19N5OS. The van der Waals surface area contributed by atoms with Crippen molar-refractivity contribution >= 4 is 27.5 Å². The van der Waals surface area contributed by atoms with Gasteiger partial charge in [0.05, 0.1) is 22.9 Å². The first kappa shape index (κ1) is 14.4. The van der Waals surface area contributed by atoms with Crippen LogP contribution in [0.15, 0.2) is 24.8 Å². The Morgan fingerprint density at radius 3 is 3.04 bits per heavy atom. The molecule has 3 aromatic heterocycles. The van der Waals surface area contributed by atoms with Crippen LogP contribution in [0.25, 0.3) is 10.2 Å². The Labute approximate surface area is 138 Å². The van der Waals surface area contributed by atoms with E-state index >= 15 is 0 Å². The van der Waals surface area contributed by atoms with E-state index in [0.29, 0.717) is 6.04 Å². The maximum atomic E-state index is 12.9. The van der Waals surface area contributed by atoms with Gasteiger partial charge in [0.2, 0.25) is 0 Å². The van der Waals surface area contributed by atoms with E-state index in [1.54, 1.807) is 6.20 Å². The molecule has 1 saturated heterocycles. The Morgan fingerprint density at radius 2 is 2.30 bits per heavy atom. The van der Waals surface area contributed by atoms with Gasteiger partial charge < -0.3 is 9.47 Å². The molecule has 1 aliphatic heterocycles. The molecule has 4 rings (SSSR count). The lowest BCUT2D eigenvalue weighted by atomic mass is 10.1. The molecule has 1 aliphatic rings. The van der Waals surface area contributed by atoms with E-state index in [0.717, 1.165) is 46.7 Å². The fourth-order valence-corrected chi connectivity index (χ4v) is 4.43. The molecule has 0 spiro atoms. The normalized spacial score (nSPS) is 18.7. The van der Waals surface area contributed by atoms with Crippen molar-refractivity contribution < 1.29 is 4.79 Å². The summed E-state index contributed by atoms with van der Waals surface area (Å²) in [5.41, 5.74) is 0.979. The van der Waals surface area contributed by atoms with Crippen molar-refractivity contribution in [2.75, 3.05) is 13.1 Å². The summed E-state index contributed by atoms with van der Waals surface area (Å²) in [6, 6.07) is 2.32. The van der Waals surface area contributed by atoms with Crippen LogP contribution in [0.5, 0.6) is 0 Å². The van der Waals surface area contributed by atoms with Gasteiger partial charge in [-0.15, -0.1) is 11.3 Å². The summed E-state index contributed by atoms with van der Waals surface area (Å²) >= 11 is 1.54. The van der Waals surface area contributed by atoms with Crippen LogP contribution in [0, 0.1) is 6.92 Å². The van der Waals surface area contributed by atoms with Crippen molar-refractivity contribution in [1.29, 1.82) is 0 Å². The fourth-order valence-electron chi connectivity index (χ4n) is 3.33. The molecule has 1 fully saturated rings. The van der Waals surface area contributed by atoms with Crippen molar-refractivity contribution in [1.82, 2.24) is 24.2 Å². The molecule has 0 N–H and O–H groups in total. The van der Waals surface area contributed by atoms with Crippen LogP contribution in [0.1, 0.15) is 34.2 Å². The third-order valence-electron chi connectivity index (χ3n) is 4.54. The molecule has 0 radical (unpaired) electrons. The van der Waals surface area contributed by atoms with Gasteiger partial charge in [-0.1, -0.05) is 0 Å². The quantitative estimate of drug-likeness (QED) is 0.726. The molecule has 1 amide bonds. The monoisotopic (exact) mass is 329 g/mol. The van der Waals surface area contributed by atoms with Crippen LogP contribution in [-0.2, 0) is 7.05 Å². The molecule has 0 aliphatic carbocycles. The average Bonchev–Trinajstić information content (AvgIpc) is 3.27. The summed E-state index contributed by atoms with van der Waals surface area (Å²) in [5, 5.41) is 5.49. The molecule has 0 bridgehead atoms. The number of hydrogen-bond acceptors (Lipinski definition) is 4. The third kappa shape index (κ3) is 2.45. The van der Waals surface area contributed by atoms with Gasteiger partial charge in [0, 0.05) is 37.9 Å². The minimum atomic E-state index is 0.135. The highest BCUT2D eigenvalue weighted by molar-refractivity contribution is 7.20. The number of carbonyl (C=O) groups is 1. The fraction of sp³-hybridized carbons (Fsp3) is 0.438. The van der Waals surface area contributed by atoms with Crippen molar-refractivity contribution in [2.45, 2.75) is 25.8 Å². The second-order valence-electron chi connectivity index (χ2n) is 6.10.